The second-order valence-corrected chi connectivity index (χ2v) is 10.3. The molecule has 9 heteroatoms. The minimum atomic E-state index is -3.79. The van der Waals surface area contributed by atoms with Crippen molar-refractivity contribution >= 4 is 39.3 Å². The number of ether oxygens (including phenoxy) is 1. The molecule has 2 aliphatic rings. The molecule has 154 valence electrons. The van der Waals surface area contributed by atoms with Crippen LogP contribution in [0.1, 0.15) is 28.4 Å². The normalized spacial score (nSPS) is 20.1. The molecule has 29 heavy (non-hydrogen) atoms. The van der Waals surface area contributed by atoms with Gasteiger partial charge in [0.05, 0.1) is 24.3 Å². The summed E-state index contributed by atoms with van der Waals surface area (Å²) in [6.07, 6.45) is 0.819. The van der Waals surface area contributed by atoms with Crippen LogP contribution in [-0.4, -0.2) is 50.7 Å². The van der Waals surface area contributed by atoms with Gasteiger partial charge in [0.25, 0.3) is 5.91 Å². The maximum atomic E-state index is 13.0. The van der Waals surface area contributed by atoms with Gasteiger partial charge in [0.15, 0.2) is 0 Å². The number of sulfonamides is 1. The second kappa shape index (κ2) is 8.65. The zero-order valence-electron chi connectivity index (χ0n) is 15.6. The molecule has 1 N–H and O–H groups in total. The average molecular weight is 453 g/mol. The lowest BCUT2D eigenvalue weighted by Crippen LogP contribution is -2.40. The first-order chi connectivity index (χ1) is 14.0. The lowest BCUT2D eigenvalue weighted by Gasteiger charge is -2.27. The molecule has 0 aliphatic carbocycles. The molecule has 1 amide bonds. The number of thioether (sulfide) groups is 1. The van der Waals surface area contributed by atoms with E-state index in [-0.39, 0.29) is 40.5 Å². The largest absolute Gasteiger partial charge is 0.379 e. The summed E-state index contributed by atoms with van der Waals surface area (Å²) in [5.41, 5.74) is 1.36. The summed E-state index contributed by atoms with van der Waals surface area (Å²) in [5.74, 6) is 0.603. The Balaban J connectivity index is 1.58. The van der Waals surface area contributed by atoms with Crippen LogP contribution in [0.3, 0.4) is 0 Å². The Morgan fingerprint density at radius 1 is 1.17 bits per heavy atom. The van der Waals surface area contributed by atoms with Gasteiger partial charge in [0.1, 0.15) is 4.90 Å². The number of nitrogens with one attached hydrogen (secondary N) is 1. The maximum Gasteiger partial charge on any atom is 0.251 e. The molecule has 1 fully saturated rings. The fourth-order valence-corrected chi connectivity index (χ4v) is 6.54. The third-order valence-electron chi connectivity index (χ3n) is 5.05. The summed E-state index contributed by atoms with van der Waals surface area (Å²) in [4.78, 5) is 14.0. The molecule has 6 nitrogen and oxygen atoms in total. The summed E-state index contributed by atoms with van der Waals surface area (Å²) < 4.78 is 32.5. The lowest BCUT2D eigenvalue weighted by molar-refractivity contribution is 0.0730. The van der Waals surface area contributed by atoms with Gasteiger partial charge in [-0.25, -0.2) is 8.42 Å². The fraction of sp³-hybridized carbons (Fsp3) is 0.350. The molecule has 2 aromatic rings. The van der Waals surface area contributed by atoms with Gasteiger partial charge in [0, 0.05) is 29.3 Å². The zero-order valence-corrected chi connectivity index (χ0v) is 18.0. The highest BCUT2D eigenvalue weighted by atomic mass is 35.5. The van der Waals surface area contributed by atoms with Gasteiger partial charge in [-0.3, -0.25) is 4.79 Å². The van der Waals surface area contributed by atoms with Crippen molar-refractivity contribution in [2.45, 2.75) is 22.3 Å². The summed E-state index contributed by atoms with van der Waals surface area (Å²) in [6, 6.07) is 12.3. The standard InChI is InChI=1S/C20H21ClN2O4S2/c21-16-6-5-14(13-19(16)29(25,26)23-8-10-27-11-9-23)20(24)22-17-7-12-28-18-4-2-1-3-15(17)18/h1-6,13,17H,7-12H2,(H,22,24)/t17-/m1/s1. The van der Waals surface area contributed by atoms with Crippen molar-refractivity contribution in [3.05, 3.63) is 58.6 Å². The smallest absolute Gasteiger partial charge is 0.251 e. The monoisotopic (exact) mass is 452 g/mol. The summed E-state index contributed by atoms with van der Waals surface area (Å²) in [7, 11) is -3.79. The molecule has 4 rings (SSSR count). The molecule has 0 unspecified atom stereocenters. The van der Waals surface area contributed by atoms with Crippen LogP contribution >= 0.6 is 23.4 Å². The number of carbonyl (C=O) groups is 1. The first-order valence-electron chi connectivity index (χ1n) is 9.37. The van der Waals surface area contributed by atoms with Crippen molar-refractivity contribution in [3.8, 4) is 0 Å². The molecule has 1 saturated heterocycles. The predicted molar refractivity (Wildman–Crippen MR) is 113 cm³/mol. The lowest BCUT2D eigenvalue weighted by atomic mass is 10.0. The minimum absolute atomic E-state index is 0.0479. The van der Waals surface area contributed by atoms with E-state index in [1.54, 1.807) is 17.8 Å². The second-order valence-electron chi connectivity index (χ2n) is 6.86. The third kappa shape index (κ3) is 4.32. The number of hydrogen-bond donors (Lipinski definition) is 1. The molecule has 0 spiro atoms. The van der Waals surface area contributed by atoms with Gasteiger partial charge in [-0.1, -0.05) is 29.8 Å². The van der Waals surface area contributed by atoms with Crippen LogP contribution in [0.5, 0.6) is 0 Å². The first kappa shape index (κ1) is 20.7. The van der Waals surface area contributed by atoms with Gasteiger partial charge < -0.3 is 10.1 Å². The van der Waals surface area contributed by atoms with Crippen LogP contribution in [0.15, 0.2) is 52.3 Å². The van der Waals surface area contributed by atoms with Crippen molar-refractivity contribution in [3.63, 3.8) is 0 Å². The van der Waals surface area contributed by atoms with E-state index in [1.807, 2.05) is 24.3 Å². The molecule has 0 radical (unpaired) electrons. The van der Waals surface area contributed by atoms with Crippen molar-refractivity contribution in [2.75, 3.05) is 32.1 Å². The number of halogens is 1. The van der Waals surface area contributed by atoms with E-state index in [1.165, 1.54) is 16.4 Å². The van der Waals surface area contributed by atoms with Gasteiger partial charge >= 0.3 is 0 Å². The Kier molecular flexibility index (Phi) is 6.17. The Morgan fingerprint density at radius 2 is 1.93 bits per heavy atom. The SMILES string of the molecule is O=C(N[C@@H]1CCSc2ccccc21)c1ccc(Cl)c(S(=O)(=O)N2CCOCC2)c1. The van der Waals surface area contributed by atoms with E-state index in [0.29, 0.717) is 13.2 Å². The van der Waals surface area contributed by atoms with E-state index in [9.17, 15) is 13.2 Å². The van der Waals surface area contributed by atoms with Crippen LogP contribution in [0.25, 0.3) is 0 Å². The van der Waals surface area contributed by atoms with Crippen LogP contribution in [0.2, 0.25) is 5.02 Å². The zero-order chi connectivity index (χ0) is 20.4. The number of benzene rings is 2. The van der Waals surface area contributed by atoms with Gasteiger partial charge in [-0.2, -0.15) is 4.31 Å². The summed E-state index contributed by atoms with van der Waals surface area (Å²) >= 11 is 7.97. The molecule has 0 saturated carbocycles. The van der Waals surface area contributed by atoms with Crippen LogP contribution in [-0.2, 0) is 14.8 Å². The molecule has 0 aromatic heterocycles. The molecule has 0 bridgehead atoms. The summed E-state index contributed by atoms with van der Waals surface area (Å²) in [6.45, 7) is 1.23. The average Bonchev–Trinajstić information content (AvgIpc) is 2.75. The Labute approximate surface area is 179 Å². The minimum Gasteiger partial charge on any atom is -0.379 e. The molecule has 2 aromatic carbocycles. The van der Waals surface area contributed by atoms with Crippen LogP contribution in [0.4, 0.5) is 0 Å². The third-order valence-corrected chi connectivity index (χ3v) is 8.55. The molecule has 2 aliphatic heterocycles. The van der Waals surface area contributed by atoms with Crippen LogP contribution < -0.4 is 5.32 Å². The number of fused-ring (bicyclic) bond motifs is 1. The molecule has 2 heterocycles. The summed E-state index contributed by atoms with van der Waals surface area (Å²) in [5, 5.41) is 3.15. The van der Waals surface area contributed by atoms with E-state index < -0.39 is 10.0 Å². The van der Waals surface area contributed by atoms with Gasteiger partial charge in [0.2, 0.25) is 10.0 Å². The van der Waals surface area contributed by atoms with E-state index >= 15 is 0 Å². The molecular weight excluding hydrogens is 432 g/mol. The number of nitrogens with zero attached hydrogens (tertiary/aromatic N) is 1. The highest BCUT2D eigenvalue weighted by Gasteiger charge is 2.29. The number of carbonyl (C=O) groups excluding carboxylic acids is 1. The van der Waals surface area contributed by atoms with Crippen molar-refractivity contribution < 1.29 is 17.9 Å². The Morgan fingerprint density at radius 3 is 2.72 bits per heavy atom. The van der Waals surface area contributed by atoms with Crippen molar-refractivity contribution in [1.29, 1.82) is 0 Å². The van der Waals surface area contributed by atoms with Crippen molar-refractivity contribution in [1.82, 2.24) is 9.62 Å². The first-order valence-corrected chi connectivity index (χ1v) is 12.2. The van der Waals surface area contributed by atoms with Gasteiger partial charge in [-0.05, 0) is 36.2 Å². The van der Waals surface area contributed by atoms with Crippen molar-refractivity contribution in [2.24, 2.45) is 0 Å². The maximum absolute atomic E-state index is 13.0. The van der Waals surface area contributed by atoms with E-state index in [4.69, 9.17) is 16.3 Å². The fourth-order valence-electron chi connectivity index (χ4n) is 3.50. The van der Waals surface area contributed by atoms with E-state index in [0.717, 1.165) is 22.6 Å². The van der Waals surface area contributed by atoms with Crippen LogP contribution in [0, 0.1) is 0 Å². The highest BCUT2D eigenvalue weighted by Crippen LogP contribution is 2.36. The number of rotatable bonds is 4. The number of amides is 1. The van der Waals surface area contributed by atoms with E-state index in [2.05, 4.69) is 5.32 Å². The topological polar surface area (TPSA) is 75.7 Å². The predicted octanol–water partition coefficient (Wildman–Crippen LogP) is 3.33. The number of hydrogen-bond acceptors (Lipinski definition) is 5. The number of morpholine rings is 1. The molecule has 1 atom stereocenters. The Bertz CT molecular complexity index is 1020. The molecular formula is C20H21ClN2O4S2. The Hall–Kier alpha value is -1.58. The van der Waals surface area contributed by atoms with Gasteiger partial charge in [-0.15, -0.1) is 11.8 Å². The quantitative estimate of drug-likeness (QED) is 0.770. The highest BCUT2D eigenvalue weighted by molar-refractivity contribution is 7.99.